The number of esters is 1. The van der Waals surface area contributed by atoms with Crippen LogP contribution in [-0.2, 0) is 9.53 Å². The number of hydrogen-bond donors (Lipinski definition) is 2. The number of carbonyl (C=O) groups excluding carboxylic acids is 2. The van der Waals surface area contributed by atoms with Gasteiger partial charge in [-0.15, -0.1) is 0 Å². The van der Waals surface area contributed by atoms with E-state index in [1.54, 1.807) is 26.2 Å². The minimum atomic E-state index is -0.655. The Morgan fingerprint density at radius 2 is 1.93 bits per heavy atom. The van der Waals surface area contributed by atoms with Gasteiger partial charge in [-0.1, -0.05) is 33.8 Å². The van der Waals surface area contributed by atoms with Crippen LogP contribution in [0.3, 0.4) is 0 Å². The second-order valence-electron chi connectivity index (χ2n) is 8.24. The molecule has 0 saturated heterocycles. The first-order valence-electron chi connectivity index (χ1n) is 9.88. The summed E-state index contributed by atoms with van der Waals surface area (Å²) < 4.78 is 16.8. The molecule has 0 spiro atoms. The van der Waals surface area contributed by atoms with Crippen molar-refractivity contribution in [3.8, 4) is 11.5 Å². The minimum absolute atomic E-state index is 0.202. The van der Waals surface area contributed by atoms with Crippen LogP contribution in [0.15, 0.2) is 29.5 Å². The van der Waals surface area contributed by atoms with Crippen LogP contribution in [0.25, 0.3) is 0 Å². The molecule has 2 amide bonds. The first kappa shape index (κ1) is 22.6. The minimum Gasteiger partial charge on any atom is -0.493 e. The van der Waals surface area contributed by atoms with E-state index in [4.69, 9.17) is 14.2 Å². The number of benzene rings is 1. The van der Waals surface area contributed by atoms with Crippen molar-refractivity contribution in [2.45, 2.75) is 60.1 Å². The van der Waals surface area contributed by atoms with Gasteiger partial charge in [0.25, 0.3) is 0 Å². The van der Waals surface area contributed by atoms with Gasteiger partial charge in [-0.3, -0.25) is 0 Å². The summed E-state index contributed by atoms with van der Waals surface area (Å²) in [4.78, 5) is 25.1. The molecule has 1 aliphatic heterocycles. The highest BCUT2D eigenvalue weighted by atomic mass is 16.5. The Morgan fingerprint density at radius 1 is 1.24 bits per heavy atom. The SMILES string of the molecule is CCCOc1ccc([C@@H]2NC(=O)NC(C)=C2C(=O)O[C@H](C)C(C)(C)C)cc1OC. The lowest BCUT2D eigenvalue weighted by Gasteiger charge is -2.32. The van der Waals surface area contributed by atoms with Crippen molar-refractivity contribution < 1.29 is 23.8 Å². The van der Waals surface area contributed by atoms with E-state index in [1.807, 2.05) is 40.7 Å². The largest absolute Gasteiger partial charge is 0.493 e. The summed E-state index contributed by atoms with van der Waals surface area (Å²) in [5.41, 5.74) is 1.34. The van der Waals surface area contributed by atoms with Gasteiger partial charge < -0.3 is 24.8 Å². The van der Waals surface area contributed by atoms with Crippen molar-refractivity contribution in [1.29, 1.82) is 0 Å². The van der Waals surface area contributed by atoms with E-state index in [9.17, 15) is 9.59 Å². The van der Waals surface area contributed by atoms with Crippen molar-refractivity contribution >= 4 is 12.0 Å². The van der Waals surface area contributed by atoms with Gasteiger partial charge in [0, 0.05) is 5.70 Å². The van der Waals surface area contributed by atoms with E-state index < -0.39 is 12.0 Å². The van der Waals surface area contributed by atoms with E-state index >= 15 is 0 Å². The molecule has 2 N–H and O–H groups in total. The monoisotopic (exact) mass is 404 g/mol. The summed E-state index contributed by atoms with van der Waals surface area (Å²) in [6.07, 6.45) is 0.576. The maximum absolute atomic E-state index is 13.0. The van der Waals surface area contributed by atoms with Crippen molar-refractivity contribution in [3.05, 3.63) is 35.0 Å². The molecule has 160 valence electrons. The molecule has 0 radical (unpaired) electrons. The number of urea groups is 1. The zero-order valence-corrected chi connectivity index (χ0v) is 18.3. The molecule has 0 fully saturated rings. The molecule has 2 rings (SSSR count). The van der Waals surface area contributed by atoms with Crippen LogP contribution in [0.2, 0.25) is 0 Å². The summed E-state index contributed by atoms with van der Waals surface area (Å²) in [5, 5.41) is 5.48. The Balaban J connectivity index is 2.39. The molecule has 7 nitrogen and oxygen atoms in total. The molecule has 1 aromatic carbocycles. The second kappa shape index (κ2) is 9.20. The number of rotatable bonds is 7. The fourth-order valence-electron chi connectivity index (χ4n) is 2.81. The van der Waals surface area contributed by atoms with Crippen LogP contribution in [0.5, 0.6) is 11.5 Å². The smallest absolute Gasteiger partial charge is 0.338 e. The molecular formula is C22H32N2O5. The number of nitrogens with one attached hydrogen (secondary N) is 2. The molecule has 0 aromatic heterocycles. The van der Waals surface area contributed by atoms with E-state index in [-0.39, 0.29) is 17.6 Å². The van der Waals surface area contributed by atoms with Crippen LogP contribution in [0.1, 0.15) is 59.6 Å². The van der Waals surface area contributed by atoms with Crippen LogP contribution in [0.4, 0.5) is 4.79 Å². The van der Waals surface area contributed by atoms with Crippen LogP contribution >= 0.6 is 0 Å². The number of carbonyl (C=O) groups is 2. The molecule has 29 heavy (non-hydrogen) atoms. The molecule has 1 aromatic rings. The van der Waals surface area contributed by atoms with Gasteiger partial charge >= 0.3 is 12.0 Å². The quantitative estimate of drug-likeness (QED) is 0.669. The standard InChI is InChI=1S/C22H32N2O5/c1-8-11-28-16-10-9-15(12-17(16)27-7)19-18(13(2)23-21(26)24-19)20(25)29-14(3)22(4,5)6/h9-10,12,14,19H,8,11H2,1-7H3,(H2,23,24,26)/t14-,19+/m1/s1. The number of ether oxygens (including phenoxy) is 3. The first-order chi connectivity index (χ1) is 13.6. The normalized spacial score (nSPS) is 17.9. The van der Waals surface area contributed by atoms with Crippen molar-refractivity contribution in [2.75, 3.05) is 13.7 Å². The predicted molar refractivity (Wildman–Crippen MR) is 111 cm³/mol. The Kier molecular flexibility index (Phi) is 7.16. The molecule has 0 unspecified atom stereocenters. The summed E-state index contributed by atoms with van der Waals surface area (Å²) in [6, 6.07) is 4.34. The average Bonchev–Trinajstić information content (AvgIpc) is 2.64. The highest BCUT2D eigenvalue weighted by Crippen LogP contribution is 2.35. The number of allylic oxidation sites excluding steroid dienone is 1. The fraction of sp³-hybridized carbons (Fsp3) is 0.545. The lowest BCUT2D eigenvalue weighted by Crippen LogP contribution is -2.46. The predicted octanol–water partition coefficient (Wildman–Crippen LogP) is 4.09. The van der Waals surface area contributed by atoms with Gasteiger partial charge in [-0.05, 0) is 43.4 Å². The molecule has 1 aliphatic rings. The Hall–Kier alpha value is -2.70. The van der Waals surface area contributed by atoms with Gasteiger partial charge in [0.05, 0.1) is 25.3 Å². The molecule has 0 saturated carbocycles. The Labute approximate surface area is 172 Å². The topological polar surface area (TPSA) is 85.9 Å². The molecule has 0 aliphatic carbocycles. The first-order valence-corrected chi connectivity index (χ1v) is 9.88. The third-order valence-electron chi connectivity index (χ3n) is 4.98. The Bertz CT molecular complexity index is 795. The number of methoxy groups -OCH3 is 1. The highest BCUT2D eigenvalue weighted by Gasteiger charge is 2.35. The average molecular weight is 405 g/mol. The summed E-state index contributed by atoms with van der Waals surface area (Å²) in [6.45, 7) is 12.2. The Morgan fingerprint density at radius 3 is 2.52 bits per heavy atom. The maximum atomic E-state index is 13.0. The summed E-state index contributed by atoms with van der Waals surface area (Å²) >= 11 is 0. The number of hydrogen-bond acceptors (Lipinski definition) is 5. The van der Waals surface area contributed by atoms with Crippen molar-refractivity contribution in [3.63, 3.8) is 0 Å². The van der Waals surface area contributed by atoms with Crippen molar-refractivity contribution in [2.24, 2.45) is 5.41 Å². The van der Waals surface area contributed by atoms with Gasteiger partial charge in [0.1, 0.15) is 6.10 Å². The van der Waals surface area contributed by atoms with E-state index in [2.05, 4.69) is 10.6 Å². The lowest BCUT2D eigenvalue weighted by atomic mass is 9.90. The molecular weight excluding hydrogens is 372 g/mol. The van der Waals surface area contributed by atoms with Crippen LogP contribution < -0.4 is 20.1 Å². The van der Waals surface area contributed by atoms with Crippen molar-refractivity contribution in [1.82, 2.24) is 10.6 Å². The van der Waals surface area contributed by atoms with E-state index in [1.165, 1.54) is 0 Å². The molecule has 2 atom stereocenters. The van der Waals surface area contributed by atoms with Gasteiger partial charge in [-0.25, -0.2) is 9.59 Å². The third kappa shape index (κ3) is 5.43. The number of amides is 2. The molecule has 1 heterocycles. The van der Waals surface area contributed by atoms with Crippen LogP contribution in [-0.4, -0.2) is 31.8 Å². The van der Waals surface area contributed by atoms with E-state index in [0.717, 1.165) is 6.42 Å². The van der Waals surface area contributed by atoms with Gasteiger partial charge in [-0.2, -0.15) is 0 Å². The van der Waals surface area contributed by atoms with Gasteiger partial charge in [0.15, 0.2) is 11.5 Å². The maximum Gasteiger partial charge on any atom is 0.338 e. The third-order valence-corrected chi connectivity index (χ3v) is 4.98. The van der Waals surface area contributed by atoms with Gasteiger partial charge in [0.2, 0.25) is 0 Å². The zero-order chi connectivity index (χ0) is 21.8. The second-order valence-corrected chi connectivity index (χ2v) is 8.24. The summed E-state index contributed by atoms with van der Waals surface area (Å²) in [7, 11) is 1.56. The summed E-state index contributed by atoms with van der Waals surface area (Å²) in [5.74, 6) is 0.689. The lowest BCUT2D eigenvalue weighted by molar-refractivity contribution is -0.149. The molecule has 0 bridgehead atoms. The van der Waals surface area contributed by atoms with E-state index in [0.29, 0.717) is 34.9 Å². The zero-order valence-electron chi connectivity index (χ0n) is 18.3. The molecule has 7 heteroatoms. The van der Waals surface area contributed by atoms with Crippen LogP contribution in [0, 0.1) is 5.41 Å². The fourth-order valence-corrected chi connectivity index (χ4v) is 2.81. The highest BCUT2D eigenvalue weighted by molar-refractivity contribution is 5.95.